The minimum atomic E-state index is 0.310. The van der Waals surface area contributed by atoms with Crippen molar-refractivity contribution in [2.24, 2.45) is 0 Å². The van der Waals surface area contributed by atoms with Crippen molar-refractivity contribution in [3.05, 3.63) is 32.7 Å². The van der Waals surface area contributed by atoms with E-state index in [1.807, 2.05) is 6.07 Å². The van der Waals surface area contributed by atoms with E-state index in [4.69, 9.17) is 0 Å². The maximum Gasteiger partial charge on any atom is 0.135 e. The third-order valence-electron chi connectivity index (χ3n) is 2.89. The molecule has 0 aliphatic heterocycles. The molecule has 2 aromatic rings. The van der Waals surface area contributed by atoms with Crippen LogP contribution in [0, 0.1) is 0 Å². The SMILES string of the molecule is CCCNc1cc(NCc2ccc(Br)s2)nc(C(C)C)n1. The van der Waals surface area contributed by atoms with Crippen LogP contribution in [-0.2, 0) is 6.54 Å². The number of rotatable bonds is 7. The molecule has 0 radical (unpaired) electrons. The molecule has 0 saturated heterocycles. The van der Waals surface area contributed by atoms with Crippen LogP contribution in [0.25, 0.3) is 0 Å². The van der Waals surface area contributed by atoms with Crippen molar-refractivity contribution in [3.8, 4) is 0 Å². The molecule has 2 heterocycles. The van der Waals surface area contributed by atoms with Crippen LogP contribution < -0.4 is 10.6 Å². The fourth-order valence-corrected chi connectivity index (χ4v) is 3.21. The van der Waals surface area contributed by atoms with Crippen LogP contribution in [0.4, 0.5) is 11.6 Å². The van der Waals surface area contributed by atoms with Crippen LogP contribution in [0.3, 0.4) is 0 Å². The van der Waals surface area contributed by atoms with Gasteiger partial charge >= 0.3 is 0 Å². The number of halogens is 1. The summed E-state index contributed by atoms with van der Waals surface area (Å²) in [5.41, 5.74) is 0. The average Bonchev–Trinajstić information content (AvgIpc) is 2.88. The van der Waals surface area contributed by atoms with Crippen molar-refractivity contribution in [3.63, 3.8) is 0 Å². The zero-order chi connectivity index (χ0) is 15.2. The normalized spacial score (nSPS) is 10.9. The Morgan fingerprint density at radius 2 is 1.90 bits per heavy atom. The van der Waals surface area contributed by atoms with Gasteiger partial charge in [0.05, 0.1) is 10.3 Å². The van der Waals surface area contributed by atoms with Crippen molar-refractivity contribution in [2.45, 2.75) is 39.7 Å². The highest BCUT2D eigenvalue weighted by Crippen LogP contribution is 2.23. The van der Waals surface area contributed by atoms with Gasteiger partial charge in [-0.05, 0) is 34.5 Å². The van der Waals surface area contributed by atoms with Crippen LogP contribution in [0.15, 0.2) is 22.0 Å². The molecular formula is C15H21BrN4S. The predicted octanol–water partition coefficient (Wildman–Crippen LogP) is 4.86. The predicted molar refractivity (Wildman–Crippen MR) is 94.2 cm³/mol. The first kappa shape index (κ1) is 16.2. The number of aromatic nitrogens is 2. The topological polar surface area (TPSA) is 49.8 Å². The Labute approximate surface area is 138 Å². The average molecular weight is 369 g/mol. The van der Waals surface area contributed by atoms with Crippen molar-refractivity contribution >= 4 is 38.9 Å². The molecular weight excluding hydrogens is 348 g/mol. The Kier molecular flexibility index (Phi) is 5.99. The van der Waals surface area contributed by atoms with Crippen LogP contribution in [0.5, 0.6) is 0 Å². The van der Waals surface area contributed by atoms with E-state index >= 15 is 0 Å². The minimum Gasteiger partial charge on any atom is -0.370 e. The highest BCUT2D eigenvalue weighted by Gasteiger charge is 2.08. The summed E-state index contributed by atoms with van der Waals surface area (Å²) >= 11 is 5.21. The van der Waals surface area contributed by atoms with E-state index in [9.17, 15) is 0 Å². The van der Waals surface area contributed by atoms with Crippen LogP contribution in [0.2, 0.25) is 0 Å². The molecule has 2 rings (SSSR count). The Morgan fingerprint density at radius 3 is 2.48 bits per heavy atom. The van der Waals surface area contributed by atoms with E-state index in [-0.39, 0.29) is 0 Å². The van der Waals surface area contributed by atoms with Gasteiger partial charge in [0.25, 0.3) is 0 Å². The fraction of sp³-hybridized carbons (Fsp3) is 0.467. The zero-order valence-corrected chi connectivity index (χ0v) is 15.0. The Bertz CT molecular complexity index is 583. The molecule has 2 aromatic heterocycles. The molecule has 0 aromatic carbocycles. The lowest BCUT2D eigenvalue weighted by Gasteiger charge is -2.12. The molecule has 0 atom stereocenters. The molecule has 0 aliphatic carbocycles. The highest BCUT2D eigenvalue weighted by molar-refractivity contribution is 9.11. The number of anilines is 2. The smallest absolute Gasteiger partial charge is 0.135 e. The molecule has 0 aliphatic rings. The lowest BCUT2D eigenvalue weighted by Crippen LogP contribution is -2.09. The molecule has 0 spiro atoms. The van der Waals surface area contributed by atoms with Gasteiger partial charge in [0, 0.05) is 23.4 Å². The third-order valence-corrected chi connectivity index (χ3v) is 4.51. The summed E-state index contributed by atoms with van der Waals surface area (Å²) in [5, 5.41) is 6.72. The van der Waals surface area contributed by atoms with Crippen molar-refractivity contribution < 1.29 is 0 Å². The second-order valence-electron chi connectivity index (χ2n) is 5.14. The largest absolute Gasteiger partial charge is 0.370 e. The summed E-state index contributed by atoms with van der Waals surface area (Å²) in [6.07, 6.45) is 1.08. The first-order valence-corrected chi connectivity index (χ1v) is 8.80. The van der Waals surface area contributed by atoms with Crippen LogP contribution in [-0.4, -0.2) is 16.5 Å². The van der Waals surface area contributed by atoms with Gasteiger partial charge in [-0.25, -0.2) is 9.97 Å². The first-order chi connectivity index (χ1) is 10.1. The van der Waals surface area contributed by atoms with E-state index in [0.717, 1.165) is 40.8 Å². The van der Waals surface area contributed by atoms with E-state index < -0.39 is 0 Å². The summed E-state index contributed by atoms with van der Waals surface area (Å²) in [6, 6.07) is 6.15. The Morgan fingerprint density at radius 1 is 1.19 bits per heavy atom. The van der Waals surface area contributed by atoms with E-state index in [1.165, 1.54) is 4.88 Å². The quantitative estimate of drug-likeness (QED) is 0.732. The van der Waals surface area contributed by atoms with E-state index in [1.54, 1.807) is 11.3 Å². The second kappa shape index (κ2) is 7.75. The fourth-order valence-electron chi connectivity index (χ4n) is 1.78. The van der Waals surface area contributed by atoms with Gasteiger partial charge < -0.3 is 10.6 Å². The Balaban J connectivity index is 2.11. The summed E-state index contributed by atoms with van der Waals surface area (Å²) in [7, 11) is 0. The summed E-state index contributed by atoms with van der Waals surface area (Å²) in [4.78, 5) is 10.4. The van der Waals surface area contributed by atoms with E-state index in [2.05, 4.69) is 69.4 Å². The van der Waals surface area contributed by atoms with Crippen molar-refractivity contribution in [1.82, 2.24) is 9.97 Å². The number of nitrogens with zero attached hydrogens (tertiary/aromatic N) is 2. The summed E-state index contributed by atoms with van der Waals surface area (Å²) < 4.78 is 1.15. The van der Waals surface area contributed by atoms with Crippen molar-refractivity contribution in [2.75, 3.05) is 17.2 Å². The number of hydrogen-bond donors (Lipinski definition) is 2. The summed E-state index contributed by atoms with van der Waals surface area (Å²) in [6.45, 7) is 8.06. The minimum absolute atomic E-state index is 0.310. The van der Waals surface area contributed by atoms with Gasteiger partial charge in [0.2, 0.25) is 0 Å². The molecule has 0 saturated carbocycles. The van der Waals surface area contributed by atoms with Gasteiger partial charge in [-0.15, -0.1) is 11.3 Å². The maximum absolute atomic E-state index is 4.59. The Hall–Kier alpha value is -1.14. The molecule has 0 amide bonds. The zero-order valence-electron chi connectivity index (χ0n) is 12.6. The molecule has 0 fully saturated rings. The number of thiophene rings is 1. The lowest BCUT2D eigenvalue weighted by molar-refractivity contribution is 0.774. The van der Waals surface area contributed by atoms with E-state index in [0.29, 0.717) is 5.92 Å². The van der Waals surface area contributed by atoms with Crippen molar-refractivity contribution in [1.29, 1.82) is 0 Å². The molecule has 4 nitrogen and oxygen atoms in total. The van der Waals surface area contributed by atoms with Crippen LogP contribution >= 0.6 is 27.3 Å². The maximum atomic E-state index is 4.59. The van der Waals surface area contributed by atoms with Gasteiger partial charge in [0.15, 0.2) is 0 Å². The third kappa shape index (κ3) is 4.97. The standard InChI is InChI=1S/C15H21BrN4S/c1-4-7-17-13-8-14(20-15(19-13)10(2)3)18-9-11-5-6-12(16)21-11/h5-6,8,10H,4,7,9H2,1-3H3,(H2,17,18,19,20). The lowest BCUT2D eigenvalue weighted by atomic mass is 10.2. The monoisotopic (exact) mass is 368 g/mol. The number of hydrogen-bond acceptors (Lipinski definition) is 5. The summed E-state index contributed by atoms with van der Waals surface area (Å²) in [5.74, 6) is 2.94. The molecule has 0 bridgehead atoms. The molecule has 21 heavy (non-hydrogen) atoms. The van der Waals surface area contributed by atoms with Gasteiger partial charge in [-0.1, -0.05) is 20.8 Å². The molecule has 0 unspecified atom stereocenters. The van der Waals surface area contributed by atoms with Gasteiger partial charge in [0.1, 0.15) is 17.5 Å². The number of nitrogens with one attached hydrogen (secondary N) is 2. The van der Waals surface area contributed by atoms with Gasteiger partial charge in [-0.3, -0.25) is 0 Å². The molecule has 114 valence electrons. The molecule has 2 N–H and O–H groups in total. The van der Waals surface area contributed by atoms with Gasteiger partial charge in [-0.2, -0.15) is 0 Å². The van der Waals surface area contributed by atoms with Crippen LogP contribution in [0.1, 0.15) is 43.8 Å². The highest BCUT2D eigenvalue weighted by atomic mass is 79.9. The molecule has 6 heteroatoms. The second-order valence-corrected chi connectivity index (χ2v) is 7.69. The first-order valence-electron chi connectivity index (χ1n) is 7.19.